The van der Waals surface area contributed by atoms with Gasteiger partial charge in [-0.25, -0.2) is 14.8 Å². The van der Waals surface area contributed by atoms with Gasteiger partial charge in [-0.2, -0.15) is 4.98 Å². The predicted molar refractivity (Wildman–Crippen MR) is 68.9 cm³/mol. The van der Waals surface area contributed by atoms with Crippen LogP contribution in [0.2, 0.25) is 5.02 Å². The van der Waals surface area contributed by atoms with Crippen LogP contribution in [-0.4, -0.2) is 33.1 Å². The number of aromatic nitrogens is 3. The van der Waals surface area contributed by atoms with Crippen molar-refractivity contribution in [1.29, 1.82) is 0 Å². The van der Waals surface area contributed by atoms with Crippen LogP contribution in [0.5, 0.6) is 6.01 Å². The largest absolute Gasteiger partial charge is 0.477 e. The first-order valence-corrected chi connectivity index (χ1v) is 6.23. The highest BCUT2D eigenvalue weighted by Crippen LogP contribution is 2.32. The van der Waals surface area contributed by atoms with Crippen LogP contribution in [-0.2, 0) is 0 Å². The Balaban J connectivity index is 2.30. The van der Waals surface area contributed by atoms with E-state index >= 15 is 0 Å². The van der Waals surface area contributed by atoms with E-state index in [2.05, 4.69) is 15.0 Å². The van der Waals surface area contributed by atoms with Gasteiger partial charge in [0.2, 0.25) is 0 Å². The second-order valence-corrected chi connectivity index (χ2v) is 4.76. The molecule has 0 saturated carbocycles. The number of hydrogen-bond donors (Lipinski definition) is 1. The van der Waals surface area contributed by atoms with Crippen molar-refractivity contribution in [3.63, 3.8) is 0 Å². The Morgan fingerprint density at radius 1 is 1.47 bits per heavy atom. The highest BCUT2D eigenvalue weighted by Gasteiger charge is 2.10. The molecule has 0 unspecified atom stereocenters. The van der Waals surface area contributed by atoms with Crippen molar-refractivity contribution in [3.05, 3.63) is 35.2 Å². The average molecular weight is 298 g/mol. The van der Waals surface area contributed by atoms with E-state index in [0.717, 1.165) is 0 Å². The summed E-state index contributed by atoms with van der Waals surface area (Å²) < 4.78 is 4.91. The Kier molecular flexibility index (Phi) is 4.18. The fraction of sp³-hybridized carbons (Fsp3) is 0.0909. The molecule has 0 saturated heterocycles. The zero-order valence-corrected chi connectivity index (χ0v) is 11.3. The van der Waals surface area contributed by atoms with E-state index in [9.17, 15) is 4.79 Å². The summed E-state index contributed by atoms with van der Waals surface area (Å²) >= 11 is 7.18. The van der Waals surface area contributed by atoms with Gasteiger partial charge in [0.25, 0.3) is 0 Å². The number of carboxylic acid groups (broad SMARTS) is 1. The molecule has 0 aromatic carbocycles. The third kappa shape index (κ3) is 3.33. The molecule has 0 bridgehead atoms. The molecule has 0 aliphatic rings. The van der Waals surface area contributed by atoms with E-state index in [1.807, 2.05) is 0 Å². The number of rotatable bonds is 4. The van der Waals surface area contributed by atoms with Crippen molar-refractivity contribution in [2.45, 2.75) is 9.92 Å². The Hall–Kier alpha value is -1.86. The lowest BCUT2D eigenvalue weighted by Gasteiger charge is -2.05. The maximum Gasteiger partial charge on any atom is 0.354 e. The van der Waals surface area contributed by atoms with Gasteiger partial charge < -0.3 is 9.84 Å². The second kappa shape index (κ2) is 5.85. The van der Waals surface area contributed by atoms with E-state index in [1.165, 1.54) is 37.3 Å². The van der Waals surface area contributed by atoms with Gasteiger partial charge >= 0.3 is 12.0 Å². The summed E-state index contributed by atoms with van der Waals surface area (Å²) in [6.45, 7) is 0. The Bertz CT molecular complexity index is 624. The first-order valence-electron chi connectivity index (χ1n) is 5.04. The smallest absolute Gasteiger partial charge is 0.354 e. The molecule has 2 aromatic heterocycles. The SMILES string of the molecule is COc1ncc(Cl)c(Sc2ccnc(C(=O)O)c2)n1. The zero-order valence-electron chi connectivity index (χ0n) is 9.70. The molecule has 0 radical (unpaired) electrons. The lowest BCUT2D eigenvalue weighted by Crippen LogP contribution is -1.99. The summed E-state index contributed by atoms with van der Waals surface area (Å²) in [5.74, 6) is -1.09. The van der Waals surface area contributed by atoms with Crippen molar-refractivity contribution in [3.8, 4) is 6.01 Å². The topological polar surface area (TPSA) is 85.2 Å². The summed E-state index contributed by atoms with van der Waals surface area (Å²) in [6, 6.07) is 3.30. The predicted octanol–water partition coefficient (Wildman–Crippen LogP) is 2.38. The summed E-state index contributed by atoms with van der Waals surface area (Å²) in [5, 5.41) is 9.71. The van der Waals surface area contributed by atoms with Gasteiger partial charge in [-0.05, 0) is 12.1 Å². The molecule has 2 heterocycles. The quantitative estimate of drug-likeness (QED) is 0.867. The van der Waals surface area contributed by atoms with Crippen molar-refractivity contribution < 1.29 is 14.6 Å². The van der Waals surface area contributed by atoms with E-state index in [4.69, 9.17) is 21.4 Å². The molecule has 0 atom stereocenters. The van der Waals surface area contributed by atoms with Gasteiger partial charge in [0.05, 0.1) is 18.3 Å². The standard InChI is InChI=1S/C11H8ClN3O3S/c1-18-11-14-5-7(12)9(15-11)19-6-2-3-13-8(4-6)10(16)17/h2-5H,1H3,(H,16,17). The molecule has 19 heavy (non-hydrogen) atoms. The lowest BCUT2D eigenvalue weighted by atomic mass is 10.3. The van der Waals surface area contributed by atoms with Crippen LogP contribution >= 0.6 is 23.4 Å². The Labute approximate surface area is 117 Å². The van der Waals surface area contributed by atoms with Gasteiger partial charge in [0.15, 0.2) is 0 Å². The minimum Gasteiger partial charge on any atom is -0.477 e. The molecule has 98 valence electrons. The van der Waals surface area contributed by atoms with E-state index in [0.29, 0.717) is 14.9 Å². The first-order chi connectivity index (χ1) is 9.10. The molecule has 8 heteroatoms. The number of hydrogen-bond acceptors (Lipinski definition) is 6. The average Bonchev–Trinajstić information content (AvgIpc) is 2.41. The fourth-order valence-corrected chi connectivity index (χ4v) is 2.21. The molecule has 0 aliphatic heterocycles. The minimum absolute atomic E-state index is 0.0397. The number of carbonyl (C=O) groups is 1. The molecule has 6 nitrogen and oxygen atoms in total. The van der Waals surface area contributed by atoms with Crippen LogP contribution in [0, 0.1) is 0 Å². The van der Waals surface area contributed by atoms with Crippen LogP contribution in [0.3, 0.4) is 0 Å². The number of halogens is 1. The van der Waals surface area contributed by atoms with Gasteiger partial charge in [0.1, 0.15) is 10.7 Å². The van der Waals surface area contributed by atoms with Crippen LogP contribution < -0.4 is 4.74 Å². The maximum atomic E-state index is 10.8. The molecular weight excluding hydrogens is 290 g/mol. The summed E-state index contributed by atoms with van der Waals surface area (Å²) in [6.07, 6.45) is 2.84. The third-order valence-electron chi connectivity index (χ3n) is 2.04. The van der Waals surface area contributed by atoms with Crippen LogP contribution in [0.25, 0.3) is 0 Å². The molecule has 0 aliphatic carbocycles. The van der Waals surface area contributed by atoms with E-state index < -0.39 is 5.97 Å². The second-order valence-electron chi connectivity index (χ2n) is 3.29. The summed E-state index contributed by atoms with van der Waals surface area (Å²) in [5.41, 5.74) is -0.0397. The van der Waals surface area contributed by atoms with Crippen molar-refractivity contribution in [2.75, 3.05) is 7.11 Å². The van der Waals surface area contributed by atoms with Gasteiger partial charge in [-0.15, -0.1) is 0 Å². The molecule has 1 N–H and O–H groups in total. The van der Waals surface area contributed by atoms with E-state index in [1.54, 1.807) is 6.07 Å². The fourth-order valence-electron chi connectivity index (χ4n) is 1.21. The number of pyridine rings is 1. The molecule has 0 amide bonds. The zero-order chi connectivity index (χ0) is 13.8. The number of methoxy groups -OCH3 is 1. The lowest BCUT2D eigenvalue weighted by molar-refractivity contribution is 0.0690. The molecule has 2 aromatic rings. The number of ether oxygens (including phenoxy) is 1. The van der Waals surface area contributed by atoms with Crippen LogP contribution in [0.15, 0.2) is 34.4 Å². The number of aromatic carboxylic acids is 1. The van der Waals surface area contributed by atoms with Crippen molar-refractivity contribution >= 4 is 29.3 Å². The van der Waals surface area contributed by atoms with Gasteiger partial charge in [-0.1, -0.05) is 23.4 Å². The van der Waals surface area contributed by atoms with E-state index in [-0.39, 0.29) is 11.7 Å². The highest BCUT2D eigenvalue weighted by molar-refractivity contribution is 7.99. The summed E-state index contributed by atoms with van der Waals surface area (Å²) in [7, 11) is 1.45. The molecule has 0 fully saturated rings. The number of nitrogens with zero attached hydrogens (tertiary/aromatic N) is 3. The Morgan fingerprint density at radius 2 is 2.26 bits per heavy atom. The molecular formula is C11H8ClN3O3S. The minimum atomic E-state index is -1.09. The van der Waals surface area contributed by atoms with Crippen LogP contribution in [0.4, 0.5) is 0 Å². The summed E-state index contributed by atoms with van der Waals surface area (Å²) in [4.78, 5) is 23.2. The number of carboxylic acids is 1. The van der Waals surface area contributed by atoms with Crippen LogP contribution in [0.1, 0.15) is 10.5 Å². The van der Waals surface area contributed by atoms with Gasteiger partial charge in [0, 0.05) is 11.1 Å². The molecule has 2 rings (SSSR count). The monoisotopic (exact) mass is 297 g/mol. The highest BCUT2D eigenvalue weighted by atomic mass is 35.5. The Morgan fingerprint density at radius 3 is 2.95 bits per heavy atom. The third-order valence-corrected chi connectivity index (χ3v) is 3.42. The molecule has 0 spiro atoms. The first kappa shape index (κ1) is 13.6. The van der Waals surface area contributed by atoms with Crippen molar-refractivity contribution in [2.24, 2.45) is 0 Å². The van der Waals surface area contributed by atoms with Crippen molar-refractivity contribution in [1.82, 2.24) is 15.0 Å². The normalized spacial score (nSPS) is 10.2. The van der Waals surface area contributed by atoms with Gasteiger partial charge in [-0.3, -0.25) is 0 Å². The maximum absolute atomic E-state index is 10.8.